The van der Waals surface area contributed by atoms with Gasteiger partial charge in [0.2, 0.25) is 0 Å². The van der Waals surface area contributed by atoms with Crippen molar-refractivity contribution in [3.05, 3.63) is 28.2 Å². The maximum atomic E-state index is 5.32. The molecule has 0 bridgehead atoms. The van der Waals surface area contributed by atoms with Gasteiger partial charge in [0, 0.05) is 23.1 Å². The molecule has 0 fully saturated rings. The lowest BCUT2D eigenvalue weighted by Gasteiger charge is -2.11. The number of nitrogens with zero attached hydrogens (tertiary/aromatic N) is 1. The molecule has 18 heavy (non-hydrogen) atoms. The molecule has 1 aromatic rings. The summed E-state index contributed by atoms with van der Waals surface area (Å²) in [4.78, 5) is 4.52. The van der Waals surface area contributed by atoms with E-state index in [2.05, 4.69) is 31.6 Å². The Bertz CT molecular complexity index is 399. The molecule has 0 radical (unpaired) electrons. The molecule has 0 aliphatic rings. The number of nitrogens with one attached hydrogen (secondary N) is 2. The first kappa shape index (κ1) is 14.8. The highest BCUT2D eigenvalue weighted by Gasteiger charge is 2.03. The summed E-state index contributed by atoms with van der Waals surface area (Å²) in [6.07, 6.45) is 0. The Morgan fingerprint density at radius 1 is 1.28 bits per heavy atom. The van der Waals surface area contributed by atoms with Crippen LogP contribution in [0.5, 0.6) is 5.75 Å². The molecular weight excluding hydrogens is 294 g/mol. The number of benzene rings is 1. The predicted molar refractivity (Wildman–Crippen MR) is 79.2 cm³/mol. The third-order valence-electron chi connectivity index (χ3n) is 2.34. The molecule has 0 amide bonds. The fourth-order valence-electron chi connectivity index (χ4n) is 1.54. The van der Waals surface area contributed by atoms with Gasteiger partial charge in [0.1, 0.15) is 5.75 Å². The Hall–Kier alpha value is -1.23. The Balaban J connectivity index is 2.81. The molecule has 0 atom stereocenters. The number of ether oxygens (including phenoxy) is 1. The Labute approximate surface area is 117 Å². The van der Waals surface area contributed by atoms with Crippen molar-refractivity contribution < 1.29 is 4.74 Å². The average molecular weight is 314 g/mol. The summed E-state index contributed by atoms with van der Waals surface area (Å²) < 4.78 is 6.35. The van der Waals surface area contributed by atoms with Gasteiger partial charge in [-0.05, 0) is 32.0 Å². The van der Waals surface area contributed by atoms with E-state index >= 15 is 0 Å². The maximum Gasteiger partial charge on any atom is 0.191 e. The third kappa shape index (κ3) is 4.56. The van der Waals surface area contributed by atoms with Crippen molar-refractivity contribution in [1.29, 1.82) is 0 Å². The van der Waals surface area contributed by atoms with Crippen molar-refractivity contribution in [3.63, 3.8) is 0 Å². The second kappa shape index (κ2) is 7.97. The number of rotatable bonds is 5. The maximum absolute atomic E-state index is 5.32. The summed E-state index contributed by atoms with van der Waals surface area (Å²) in [6.45, 7) is 6.37. The lowest BCUT2D eigenvalue weighted by atomic mass is 10.2. The first-order chi connectivity index (χ1) is 8.71. The number of guanidine groups is 1. The molecule has 1 aromatic carbocycles. The van der Waals surface area contributed by atoms with E-state index in [4.69, 9.17) is 4.74 Å². The van der Waals surface area contributed by atoms with Crippen molar-refractivity contribution in [1.82, 2.24) is 10.6 Å². The van der Waals surface area contributed by atoms with Gasteiger partial charge >= 0.3 is 0 Å². The van der Waals surface area contributed by atoms with Crippen LogP contribution in [0.25, 0.3) is 0 Å². The Morgan fingerprint density at radius 2 is 1.94 bits per heavy atom. The molecule has 100 valence electrons. The highest BCUT2D eigenvalue weighted by molar-refractivity contribution is 9.10. The van der Waals surface area contributed by atoms with Crippen molar-refractivity contribution in [3.8, 4) is 5.75 Å². The summed E-state index contributed by atoms with van der Waals surface area (Å²) in [5.41, 5.74) is 1.06. The number of methoxy groups -OCH3 is 1. The smallest absolute Gasteiger partial charge is 0.191 e. The second-order valence-electron chi connectivity index (χ2n) is 3.68. The van der Waals surface area contributed by atoms with Crippen LogP contribution in [0.15, 0.2) is 27.7 Å². The zero-order chi connectivity index (χ0) is 13.4. The van der Waals surface area contributed by atoms with Gasteiger partial charge in [0.05, 0.1) is 13.7 Å². The van der Waals surface area contributed by atoms with Crippen LogP contribution in [0.1, 0.15) is 19.4 Å². The van der Waals surface area contributed by atoms with Gasteiger partial charge in [-0.25, -0.2) is 4.99 Å². The van der Waals surface area contributed by atoms with Gasteiger partial charge in [-0.3, -0.25) is 0 Å². The fourth-order valence-corrected chi connectivity index (χ4v) is 1.95. The van der Waals surface area contributed by atoms with E-state index in [0.717, 1.165) is 34.8 Å². The minimum atomic E-state index is 0.581. The van der Waals surface area contributed by atoms with E-state index in [-0.39, 0.29) is 0 Å². The zero-order valence-electron chi connectivity index (χ0n) is 11.1. The molecule has 4 nitrogen and oxygen atoms in total. The van der Waals surface area contributed by atoms with Crippen molar-refractivity contribution in [2.24, 2.45) is 4.99 Å². The fraction of sp³-hybridized carbons (Fsp3) is 0.462. The van der Waals surface area contributed by atoms with Crippen LogP contribution < -0.4 is 15.4 Å². The predicted octanol–water partition coefficient (Wildman–Crippen LogP) is 2.53. The van der Waals surface area contributed by atoms with Gasteiger partial charge in [0.15, 0.2) is 5.96 Å². The van der Waals surface area contributed by atoms with Crippen molar-refractivity contribution >= 4 is 21.9 Å². The molecule has 0 aliphatic heterocycles. The van der Waals surface area contributed by atoms with Crippen LogP contribution in [-0.4, -0.2) is 26.2 Å². The number of aliphatic imine (C=N–C) groups is 1. The van der Waals surface area contributed by atoms with Crippen molar-refractivity contribution in [2.45, 2.75) is 20.4 Å². The van der Waals surface area contributed by atoms with E-state index < -0.39 is 0 Å². The second-order valence-corrected chi connectivity index (χ2v) is 4.60. The number of halogens is 1. The van der Waals surface area contributed by atoms with Gasteiger partial charge in [-0.1, -0.05) is 15.9 Å². The SMILES string of the molecule is CCNC(=NCc1cc(Br)ccc1OC)NCC. The molecule has 0 aliphatic carbocycles. The highest BCUT2D eigenvalue weighted by Crippen LogP contribution is 2.23. The standard InChI is InChI=1S/C13H20BrN3O/c1-4-15-13(16-5-2)17-9-10-8-11(14)6-7-12(10)18-3/h6-8H,4-5,9H2,1-3H3,(H2,15,16,17). The molecule has 0 unspecified atom stereocenters. The first-order valence-electron chi connectivity index (χ1n) is 6.05. The molecule has 0 aromatic heterocycles. The van der Waals surface area contributed by atoms with Gasteiger partial charge in [-0.2, -0.15) is 0 Å². The summed E-state index contributed by atoms with van der Waals surface area (Å²) in [5.74, 6) is 1.68. The van der Waals surface area contributed by atoms with Crippen LogP contribution in [0, 0.1) is 0 Å². The van der Waals surface area contributed by atoms with Crippen LogP contribution in [-0.2, 0) is 6.54 Å². The van der Waals surface area contributed by atoms with E-state index in [1.54, 1.807) is 7.11 Å². The average Bonchev–Trinajstić information content (AvgIpc) is 2.36. The summed E-state index contributed by atoms with van der Waals surface area (Å²) in [5, 5.41) is 6.38. The normalized spacial score (nSPS) is 9.78. The lowest BCUT2D eigenvalue weighted by Crippen LogP contribution is -2.36. The monoisotopic (exact) mass is 313 g/mol. The quantitative estimate of drug-likeness (QED) is 0.648. The van der Waals surface area contributed by atoms with Crippen LogP contribution in [0.3, 0.4) is 0 Å². The molecule has 0 spiro atoms. The van der Waals surface area contributed by atoms with Crippen LogP contribution in [0.4, 0.5) is 0 Å². The molecular formula is C13H20BrN3O. The Kier molecular flexibility index (Phi) is 6.57. The van der Waals surface area contributed by atoms with Gasteiger partial charge < -0.3 is 15.4 Å². The minimum Gasteiger partial charge on any atom is -0.496 e. The molecule has 2 N–H and O–H groups in total. The highest BCUT2D eigenvalue weighted by atomic mass is 79.9. The van der Waals surface area contributed by atoms with Gasteiger partial charge in [-0.15, -0.1) is 0 Å². The number of hydrogen-bond donors (Lipinski definition) is 2. The van der Waals surface area contributed by atoms with E-state index in [9.17, 15) is 0 Å². The molecule has 5 heteroatoms. The molecule has 0 saturated heterocycles. The van der Waals surface area contributed by atoms with Gasteiger partial charge in [0.25, 0.3) is 0 Å². The topological polar surface area (TPSA) is 45.7 Å². The molecule has 1 rings (SSSR count). The van der Waals surface area contributed by atoms with Crippen LogP contribution >= 0.6 is 15.9 Å². The van der Waals surface area contributed by atoms with E-state index in [1.165, 1.54) is 0 Å². The first-order valence-corrected chi connectivity index (χ1v) is 6.85. The summed E-state index contributed by atoms with van der Waals surface area (Å²) in [7, 11) is 1.67. The Morgan fingerprint density at radius 3 is 2.50 bits per heavy atom. The zero-order valence-corrected chi connectivity index (χ0v) is 12.7. The van der Waals surface area contributed by atoms with E-state index in [0.29, 0.717) is 6.54 Å². The largest absolute Gasteiger partial charge is 0.496 e. The third-order valence-corrected chi connectivity index (χ3v) is 2.83. The summed E-state index contributed by atoms with van der Waals surface area (Å²) in [6, 6.07) is 5.93. The van der Waals surface area contributed by atoms with E-state index in [1.807, 2.05) is 32.0 Å². The molecule has 0 saturated carbocycles. The van der Waals surface area contributed by atoms with Crippen molar-refractivity contribution in [2.75, 3.05) is 20.2 Å². The lowest BCUT2D eigenvalue weighted by molar-refractivity contribution is 0.409. The minimum absolute atomic E-state index is 0.581. The number of hydrogen-bond acceptors (Lipinski definition) is 2. The summed E-state index contributed by atoms with van der Waals surface area (Å²) >= 11 is 3.46. The molecule has 0 heterocycles. The van der Waals surface area contributed by atoms with Crippen LogP contribution in [0.2, 0.25) is 0 Å².